The maximum atomic E-state index is 12.3. The molecule has 0 saturated carbocycles. The molecule has 2 aromatic rings. The van der Waals surface area contributed by atoms with Crippen molar-refractivity contribution in [2.24, 2.45) is 0 Å². The van der Waals surface area contributed by atoms with Gasteiger partial charge in [-0.25, -0.2) is 18.1 Å². The van der Waals surface area contributed by atoms with Crippen LogP contribution in [0.2, 0.25) is 0 Å². The molecule has 1 aromatic heterocycles. The number of rotatable bonds is 7. The molecule has 30 heavy (non-hydrogen) atoms. The number of hydrogen-bond acceptors (Lipinski definition) is 6. The van der Waals surface area contributed by atoms with E-state index in [1.54, 1.807) is 30.5 Å². The first-order valence-corrected chi connectivity index (χ1v) is 11.8. The van der Waals surface area contributed by atoms with Crippen molar-refractivity contribution in [2.75, 3.05) is 18.2 Å². The van der Waals surface area contributed by atoms with Gasteiger partial charge in [0.25, 0.3) is 0 Å². The fourth-order valence-electron chi connectivity index (χ4n) is 2.99. The van der Waals surface area contributed by atoms with E-state index in [9.17, 15) is 8.42 Å². The summed E-state index contributed by atoms with van der Waals surface area (Å²) in [6.45, 7) is 8.19. The Morgan fingerprint density at radius 1 is 1.10 bits per heavy atom. The quantitative estimate of drug-likeness (QED) is 0.381. The summed E-state index contributed by atoms with van der Waals surface area (Å²) in [4.78, 5) is 4.48. The van der Waals surface area contributed by atoms with Crippen LogP contribution in [0.5, 0.6) is 0 Å². The van der Waals surface area contributed by atoms with E-state index in [1.165, 1.54) is 0 Å². The molecule has 0 unspecified atom stereocenters. The van der Waals surface area contributed by atoms with E-state index >= 15 is 0 Å². The summed E-state index contributed by atoms with van der Waals surface area (Å²) >= 11 is 5.60. The standard InChI is InChI=1S/C20H27BClN3O4S/c1-19(2)20(3,4)29-21(28-19)17-12-15(13-24-18(17)23)14-6-8-16(9-7-14)30(26,27)25-11-5-10-22/h6-9,12-13,25H,5,10-11H2,1-4H3,(H2,23,24). The normalized spacial score (nSPS) is 18.0. The molecule has 1 aliphatic rings. The molecule has 0 radical (unpaired) electrons. The average Bonchev–Trinajstić information content (AvgIpc) is 2.89. The van der Waals surface area contributed by atoms with Crippen LogP contribution in [0.25, 0.3) is 11.1 Å². The zero-order valence-electron chi connectivity index (χ0n) is 17.6. The first kappa shape index (κ1) is 23.0. The van der Waals surface area contributed by atoms with E-state index in [-0.39, 0.29) is 4.90 Å². The van der Waals surface area contributed by atoms with Crippen molar-refractivity contribution < 1.29 is 17.7 Å². The third kappa shape index (κ3) is 4.65. The Morgan fingerprint density at radius 3 is 2.27 bits per heavy atom. The van der Waals surface area contributed by atoms with E-state index < -0.39 is 28.3 Å². The summed E-state index contributed by atoms with van der Waals surface area (Å²) in [6, 6.07) is 8.45. The summed E-state index contributed by atoms with van der Waals surface area (Å²) in [5.74, 6) is 0.733. The van der Waals surface area contributed by atoms with Gasteiger partial charge < -0.3 is 15.0 Å². The van der Waals surface area contributed by atoms with E-state index in [0.717, 1.165) is 11.1 Å². The second-order valence-electron chi connectivity index (χ2n) is 8.25. The SMILES string of the molecule is CC1(C)OB(c2cc(-c3ccc(S(=O)(=O)NCCCCl)cc3)cnc2N)OC1(C)C. The molecule has 10 heteroatoms. The summed E-state index contributed by atoms with van der Waals surface area (Å²) in [5, 5.41) is 0. The lowest BCUT2D eigenvalue weighted by molar-refractivity contribution is 0.00578. The van der Waals surface area contributed by atoms with Crippen LogP contribution < -0.4 is 15.9 Å². The molecule has 7 nitrogen and oxygen atoms in total. The topological polar surface area (TPSA) is 104 Å². The predicted molar refractivity (Wildman–Crippen MR) is 120 cm³/mol. The fourth-order valence-corrected chi connectivity index (χ4v) is 4.20. The van der Waals surface area contributed by atoms with Gasteiger partial charge in [0, 0.05) is 24.1 Å². The third-order valence-electron chi connectivity index (χ3n) is 5.56. The second-order valence-corrected chi connectivity index (χ2v) is 10.4. The number of alkyl halides is 1. The van der Waals surface area contributed by atoms with Crippen LogP contribution in [0.1, 0.15) is 34.1 Å². The van der Waals surface area contributed by atoms with Crippen molar-refractivity contribution in [3.05, 3.63) is 36.5 Å². The number of nitrogen functional groups attached to an aromatic ring is 1. The minimum Gasteiger partial charge on any atom is -0.399 e. The molecule has 1 aromatic carbocycles. The van der Waals surface area contributed by atoms with Gasteiger partial charge in [-0.1, -0.05) is 12.1 Å². The molecule has 0 atom stereocenters. The first-order chi connectivity index (χ1) is 14.0. The minimum atomic E-state index is -3.57. The number of hydrogen-bond donors (Lipinski definition) is 2. The highest BCUT2D eigenvalue weighted by atomic mass is 35.5. The Morgan fingerprint density at radius 2 is 1.70 bits per heavy atom. The van der Waals surface area contributed by atoms with Gasteiger partial charge in [0.15, 0.2) is 0 Å². The van der Waals surface area contributed by atoms with Gasteiger partial charge >= 0.3 is 7.12 Å². The van der Waals surface area contributed by atoms with Crippen LogP contribution in [0.4, 0.5) is 5.82 Å². The molecule has 1 fully saturated rings. The van der Waals surface area contributed by atoms with Crippen molar-refractivity contribution in [2.45, 2.75) is 50.2 Å². The van der Waals surface area contributed by atoms with Crippen LogP contribution >= 0.6 is 11.6 Å². The highest BCUT2D eigenvalue weighted by molar-refractivity contribution is 7.89. The Kier molecular flexibility index (Phi) is 6.50. The maximum Gasteiger partial charge on any atom is 0.498 e. The van der Waals surface area contributed by atoms with Crippen LogP contribution in [0.15, 0.2) is 41.4 Å². The number of halogens is 1. The molecule has 0 aliphatic carbocycles. The smallest absolute Gasteiger partial charge is 0.399 e. The summed E-state index contributed by atoms with van der Waals surface area (Å²) in [6.07, 6.45) is 2.21. The molecule has 0 spiro atoms. The number of nitrogens with two attached hydrogens (primary N) is 1. The van der Waals surface area contributed by atoms with E-state index in [0.29, 0.717) is 30.1 Å². The molecule has 3 N–H and O–H groups in total. The lowest BCUT2D eigenvalue weighted by atomic mass is 9.78. The van der Waals surface area contributed by atoms with Crippen LogP contribution in [0.3, 0.4) is 0 Å². The second kappa shape index (κ2) is 8.47. The predicted octanol–water partition coefficient (Wildman–Crippen LogP) is 2.54. The Bertz CT molecular complexity index is 997. The fraction of sp³-hybridized carbons (Fsp3) is 0.450. The molecule has 2 heterocycles. The molecule has 0 amide bonds. The van der Waals surface area contributed by atoms with E-state index in [1.807, 2.05) is 33.8 Å². The van der Waals surface area contributed by atoms with Gasteiger partial charge in [-0.2, -0.15) is 0 Å². The van der Waals surface area contributed by atoms with Gasteiger partial charge in [0.1, 0.15) is 5.82 Å². The molecule has 1 saturated heterocycles. The summed E-state index contributed by atoms with van der Waals surface area (Å²) < 4.78 is 39.4. The molecule has 162 valence electrons. The Balaban J connectivity index is 1.85. The number of aromatic nitrogens is 1. The number of anilines is 1. The van der Waals surface area contributed by atoms with Gasteiger partial charge in [-0.05, 0) is 63.4 Å². The lowest BCUT2D eigenvalue weighted by Crippen LogP contribution is -2.41. The molecular formula is C20H27BClN3O4S. The zero-order chi connectivity index (χ0) is 22.2. The number of nitrogens with one attached hydrogen (secondary N) is 1. The van der Waals surface area contributed by atoms with Crippen LogP contribution in [0, 0.1) is 0 Å². The van der Waals surface area contributed by atoms with Gasteiger partial charge in [-0.3, -0.25) is 0 Å². The number of nitrogens with zero attached hydrogens (tertiary/aromatic N) is 1. The van der Waals surface area contributed by atoms with Crippen molar-refractivity contribution in [3.8, 4) is 11.1 Å². The number of sulfonamides is 1. The highest BCUT2D eigenvalue weighted by Crippen LogP contribution is 2.37. The average molecular weight is 452 g/mol. The highest BCUT2D eigenvalue weighted by Gasteiger charge is 2.52. The molecule has 3 rings (SSSR count). The largest absolute Gasteiger partial charge is 0.498 e. The minimum absolute atomic E-state index is 0.190. The zero-order valence-corrected chi connectivity index (χ0v) is 19.2. The van der Waals surface area contributed by atoms with Crippen molar-refractivity contribution in [1.29, 1.82) is 0 Å². The lowest BCUT2D eigenvalue weighted by Gasteiger charge is -2.32. The van der Waals surface area contributed by atoms with Gasteiger partial charge in [0.05, 0.1) is 16.1 Å². The Labute approximate surface area is 183 Å². The van der Waals surface area contributed by atoms with E-state index in [4.69, 9.17) is 26.6 Å². The van der Waals surface area contributed by atoms with Crippen molar-refractivity contribution >= 4 is 40.0 Å². The maximum absolute atomic E-state index is 12.3. The molecule has 1 aliphatic heterocycles. The van der Waals surface area contributed by atoms with Gasteiger partial charge in [0.2, 0.25) is 10.0 Å². The first-order valence-electron chi connectivity index (χ1n) is 9.74. The Hall–Kier alpha value is -1.65. The van der Waals surface area contributed by atoms with Crippen LogP contribution in [-0.2, 0) is 19.3 Å². The van der Waals surface area contributed by atoms with Crippen LogP contribution in [-0.4, -0.2) is 44.1 Å². The van der Waals surface area contributed by atoms with Crippen molar-refractivity contribution in [3.63, 3.8) is 0 Å². The molecular weight excluding hydrogens is 425 g/mol. The number of benzene rings is 1. The number of pyridine rings is 1. The van der Waals surface area contributed by atoms with E-state index in [2.05, 4.69) is 9.71 Å². The van der Waals surface area contributed by atoms with Gasteiger partial charge in [-0.15, -0.1) is 11.6 Å². The van der Waals surface area contributed by atoms with Crippen molar-refractivity contribution in [1.82, 2.24) is 9.71 Å². The monoisotopic (exact) mass is 451 g/mol. The third-order valence-corrected chi connectivity index (χ3v) is 7.30. The summed E-state index contributed by atoms with van der Waals surface area (Å²) in [7, 11) is -4.20. The molecule has 0 bridgehead atoms. The summed E-state index contributed by atoms with van der Waals surface area (Å²) in [5.41, 5.74) is 7.34.